The second-order valence-corrected chi connectivity index (χ2v) is 7.99. The third-order valence-electron chi connectivity index (χ3n) is 4.79. The highest BCUT2D eigenvalue weighted by molar-refractivity contribution is 5.47. The fraction of sp³-hybridized carbons (Fsp3) is 0.450. The van der Waals surface area contributed by atoms with Gasteiger partial charge in [-0.05, 0) is 29.8 Å². The zero-order valence-electron chi connectivity index (χ0n) is 16.5. The Balaban J connectivity index is 1.55. The average molecular weight is 403 g/mol. The number of fused-ring (bicyclic) bond motifs is 1. The molecule has 0 N–H and O–H groups in total. The Bertz CT molecular complexity index is 985. The van der Waals surface area contributed by atoms with Crippen LogP contribution in [0.4, 0.5) is 14.6 Å². The topological polar surface area (TPSA) is 64.8 Å². The van der Waals surface area contributed by atoms with Crippen LogP contribution in [0.3, 0.4) is 0 Å². The predicted octanol–water partition coefficient (Wildman–Crippen LogP) is 3.60. The molecule has 1 aliphatic heterocycles. The van der Waals surface area contributed by atoms with Gasteiger partial charge in [0, 0.05) is 18.5 Å². The summed E-state index contributed by atoms with van der Waals surface area (Å²) in [5, 5.41) is 13.2. The molecule has 1 unspecified atom stereocenters. The van der Waals surface area contributed by atoms with Gasteiger partial charge >= 0.3 is 6.61 Å². The summed E-state index contributed by atoms with van der Waals surface area (Å²) < 4.78 is 36.8. The Labute approximate surface area is 167 Å². The number of rotatable bonds is 4. The number of morpholine rings is 1. The first kappa shape index (κ1) is 19.5. The number of nitrogens with zero attached hydrogens (tertiary/aromatic N) is 5. The highest BCUT2D eigenvalue weighted by atomic mass is 19.3. The molecule has 1 aliphatic rings. The number of hydrogen-bond acceptors (Lipinski definition) is 6. The van der Waals surface area contributed by atoms with E-state index in [1.807, 2.05) is 12.1 Å². The van der Waals surface area contributed by atoms with Crippen molar-refractivity contribution in [1.82, 2.24) is 19.8 Å². The van der Waals surface area contributed by atoms with Gasteiger partial charge < -0.3 is 14.4 Å². The van der Waals surface area contributed by atoms with Crippen molar-refractivity contribution in [3.05, 3.63) is 47.8 Å². The van der Waals surface area contributed by atoms with Gasteiger partial charge in [-0.25, -0.2) is 0 Å². The zero-order chi connectivity index (χ0) is 20.6. The van der Waals surface area contributed by atoms with Crippen molar-refractivity contribution in [3.8, 4) is 5.75 Å². The number of anilines is 1. The number of aromatic nitrogens is 4. The molecule has 0 amide bonds. The molecule has 1 atom stereocenters. The van der Waals surface area contributed by atoms with Gasteiger partial charge in [0.1, 0.15) is 17.7 Å². The normalized spacial score (nSPS) is 17.9. The van der Waals surface area contributed by atoms with Gasteiger partial charge in [0.25, 0.3) is 0 Å². The van der Waals surface area contributed by atoms with Crippen molar-refractivity contribution >= 4 is 11.5 Å². The van der Waals surface area contributed by atoms with Crippen molar-refractivity contribution in [2.45, 2.75) is 38.9 Å². The van der Waals surface area contributed by atoms with Crippen molar-refractivity contribution in [1.29, 1.82) is 0 Å². The zero-order valence-corrected chi connectivity index (χ0v) is 16.5. The van der Waals surface area contributed by atoms with E-state index in [-0.39, 0.29) is 17.3 Å². The summed E-state index contributed by atoms with van der Waals surface area (Å²) in [6, 6.07) is 10.4. The minimum atomic E-state index is -2.83. The Morgan fingerprint density at radius 2 is 1.86 bits per heavy atom. The minimum Gasteiger partial charge on any atom is -0.435 e. The molecule has 1 saturated heterocycles. The van der Waals surface area contributed by atoms with E-state index in [4.69, 9.17) is 9.84 Å². The Kier molecular flexibility index (Phi) is 5.08. The lowest BCUT2D eigenvalue weighted by molar-refractivity contribution is -0.0498. The first-order chi connectivity index (χ1) is 13.8. The molecule has 0 aliphatic carbocycles. The number of benzene rings is 1. The maximum atomic E-state index is 12.3. The molecule has 0 radical (unpaired) electrons. The molecule has 0 bridgehead atoms. The minimum absolute atomic E-state index is 0.130. The summed E-state index contributed by atoms with van der Waals surface area (Å²) in [5.74, 6) is 1.74. The first-order valence-corrected chi connectivity index (χ1v) is 9.45. The van der Waals surface area contributed by atoms with Crippen LogP contribution in [0.2, 0.25) is 0 Å². The summed E-state index contributed by atoms with van der Waals surface area (Å²) in [6.07, 6.45) is -0.190. The monoisotopic (exact) mass is 403 g/mol. The summed E-state index contributed by atoms with van der Waals surface area (Å²) in [5.41, 5.74) is 1.43. The molecule has 3 heterocycles. The van der Waals surface area contributed by atoms with E-state index in [9.17, 15) is 8.78 Å². The van der Waals surface area contributed by atoms with Crippen LogP contribution >= 0.6 is 0 Å². The van der Waals surface area contributed by atoms with Crippen LogP contribution in [0.15, 0.2) is 36.4 Å². The SMILES string of the molecule is CC(C)(C)c1nnc2ccc(N3CCOC(c4ccc(OC(F)F)cc4)C3)nn12. The first-order valence-electron chi connectivity index (χ1n) is 9.45. The maximum absolute atomic E-state index is 12.3. The van der Waals surface area contributed by atoms with Crippen molar-refractivity contribution in [2.75, 3.05) is 24.6 Å². The van der Waals surface area contributed by atoms with Gasteiger partial charge in [0.05, 0.1) is 6.61 Å². The lowest BCUT2D eigenvalue weighted by atomic mass is 9.96. The van der Waals surface area contributed by atoms with E-state index in [1.165, 1.54) is 12.1 Å². The molecular formula is C20H23F2N5O2. The van der Waals surface area contributed by atoms with Crippen LogP contribution in [-0.4, -0.2) is 46.1 Å². The molecule has 2 aromatic heterocycles. The summed E-state index contributed by atoms with van der Waals surface area (Å²) in [7, 11) is 0. The van der Waals surface area contributed by atoms with Gasteiger partial charge in [-0.15, -0.1) is 15.3 Å². The van der Waals surface area contributed by atoms with Crippen molar-refractivity contribution < 1.29 is 18.3 Å². The van der Waals surface area contributed by atoms with Crippen molar-refractivity contribution in [2.24, 2.45) is 0 Å². The fourth-order valence-corrected chi connectivity index (χ4v) is 3.34. The van der Waals surface area contributed by atoms with Crippen LogP contribution in [0, 0.1) is 0 Å². The van der Waals surface area contributed by atoms with Gasteiger partial charge in [-0.1, -0.05) is 32.9 Å². The molecule has 7 nitrogen and oxygen atoms in total. The molecule has 9 heteroatoms. The quantitative estimate of drug-likeness (QED) is 0.663. The fourth-order valence-electron chi connectivity index (χ4n) is 3.34. The van der Waals surface area contributed by atoms with Gasteiger partial charge in [0.2, 0.25) is 0 Å². The van der Waals surface area contributed by atoms with E-state index >= 15 is 0 Å². The van der Waals surface area contributed by atoms with Crippen LogP contribution in [0.1, 0.15) is 38.3 Å². The van der Waals surface area contributed by atoms with Gasteiger partial charge in [0.15, 0.2) is 11.5 Å². The smallest absolute Gasteiger partial charge is 0.387 e. The third-order valence-corrected chi connectivity index (χ3v) is 4.79. The van der Waals surface area contributed by atoms with Crippen LogP contribution in [0.25, 0.3) is 5.65 Å². The van der Waals surface area contributed by atoms with E-state index in [0.717, 1.165) is 17.2 Å². The molecule has 0 saturated carbocycles. The second kappa shape index (κ2) is 7.55. The third kappa shape index (κ3) is 4.14. The van der Waals surface area contributed by atoms with E-state index in [0.29, 0.717) is 25.3 Å². The standard InChI is InChI=1S/C20H23F2N5O2/c1-20(2,3)18-24-23-16-8-9-17(25-27(16)18)26-10-11-28-15(12-26)13-4-6-14(7-5-13)29-19(21)22/h4-9,15,19H,10-12H2,1-3H3. The predicted molar refractivity (Wildman–Crippen MR) is 103 cm³/mol. The molecule has 154 valence electrons. The summed E-state index contributed by atoms with van der Waals surface area (Å²) >= 11 is 0. The Hall–Kier alpha value is -2.81. The number of alkyl halides is 2. The Morgan fingerprint density at radius 3 is 2.55 bits per heavy atom. The lowest BCUT2D eigenvalue weighted by Gasteiger charge is -2.34. The lowest BCUT2D eigenvalue weighted by Crippen LogP contribution is -2.39. The molecule has 4 rings (SSSR count). The van der Waals surface area contributed by atoms with Crippen LogP contribution < -0.4 is 9.64 Å². The largest absolute Gasteiger partial charge is 0.435 e. The Morgan fingerprint density at radius 1 is 1.10 bits per heavy atom. The van der Waals surface area contributed by atoms with Crippen molar-refractivity contribution in [3.63, 3.8) is 0 Å². The average Bonchev–Trinajstić information content (AvgIpc) is 3.12. The molecule has 29 heavy (non-hydrogen) atoms. The number of hydrogen-bond donors (Lipinski definition) is 0. The van der Waals surface area contributed by atoms with Gasteiger partial charge in [-0.2, -0.15) is 13.3 Å². The molecule has 1 aromatic carbocycles. The summed E-state index contributed by atoms with van der Waals surface area (Å²) in [4.78, 5) is 2.14. The maximum Gasteiger partial charge on any atom is 0.387 e. The molecule has 1 fully saturated rings. The second-order valence-electron chi connectivity index (χ2n) is 7.99. The van der Waals surface area contributed by atoms with E-state index in [1.54, 1.807) is 16.6 Å². The van der Waals surface area contributed by atoms with Gasteiger partial charge in [-0.3, -0.25) is 0 Å². The van der Waals surface area contributed by atoms with Crippen LogP contribution in [0.5, 0.6) is 5.75 Å². The number of halogens is 2. The van der Waals surface area contributed by atoms with E-state index < -0.39 is 6.61 Å². The van der Waals surface area contributed by atoms with E-state index in [2.05, 4.69) is 40.6 Å². The molecule has 3 aromatic rings. The summed E-state index contributed by atoms with van der Waals surface area (Å²) in [6.45, 7) is 5.22. The molecular weight excluding hydrogens is 380 g/mol. The highest BCUT2D eigenvalue weighted by Crippen LogP contribution is 2.28. The molecule has 0 spiro atoms. The highest BCUT2D eigenvalue weighted by Gasteiger charge is 2.26. The number of ether oxygens (including phenoxy) is 2. The van der Waals surface area contributed by atoms with Crippen LogP contribution in [-0.2, 0) is 10.2 Å².